The van der Waals surface area contributed by atoms with Gasteiger partial charge in [0.05, 0.1) is 16.6 Å². The third-order valence-electron chi connectivity index (χ3n) is 4.77. The zero-order valence-corrected chi connectivity index (χ0v) is 15.2. The van der Waals surface area contributed by atoms with Crippen LogP contribution in [0.2, 0.25) is 5.02 Å². The fourth-order valence-corrected chi connectivity index (χ4v) is 3.69. The van der Waals surface area contributed by atoms with Crippen LogP contribution in [0.1, 0.15) is 21.5 Å². The molecule has 3 aromatic carbocycles. The van der Waals surface area contributed by atoms with Crippen molar-refractivity contribution < 1.29 is 18.0 Å². The Bertz CT molecular complexity index is 1230. The van der Waals surface area contributed by atoms with Gasteiger partial charge in [-0.25, -0.2) is 0 Å². The van der Waals surface area contributed by atoms with Gasteiger partial charge in [0.25, 0.3) is 0 Å². The quantitative estimate of drug-likeness (QED) is 0.475. The van der Waals surface area contributed by atoms with Gasteiger partial charge in [0.1, 0.15) is 0 Å². The van der Waals surface area contributed by atoms with Crippen molar-refractivity contribution >= 4 is 39.3 Å². The van der Waals surface area contributed by atoms with E-state index >= 15 is 0 Å². The Balaban J connectivity index is 2.08. The number of alkyl halides is 3. The molecule has 0 bridgehead atoms. The number of primary amides is 1. The van der Waals surface area contributed by atoms with E-state index in [9.17, 15) is 18.0 Å². The van der Waals surface area contributed by atoms with Crippen molar-refractivity contribution in [3.63, 3.8) is 0 Å². The lowest BCUT2D eigenvalue weighted by atomic mass is 10.0. The molecule has 0 aliphatic heterocycles. The molecule has 0 radical (unpaired) electrons. The Kier molecular flexibility index (Phi) is 4.31. The smallest absolute Gasteiger partial charge is 0.366 e. The van der Waals surface area contributed by atoms with E-state index in [0.717, 1.165) is 17.7 Å². The van der Waals surface area contributed by atoms with Gasteiger partial charge in [0.15, 0.2) is 0 Å². The second-order valence-electron chi connectivity index (χ2n) is 6.47. The number of nitrogens with two attached hydrogens (primary N) is 1. The largest absolute Gasteiger partial charge is 0.416 e. The Morgan fingerprint density at radius 1 is 1.00 bits per heavy atom. The lowest BCUT2D eigenvalue weighted by molar-refractivity contribution is -0.137. The van der Waals surface area contributed by atoms with Crippen LogP contribution in [0.15, 0.2) is 60.7 Å². The number of fused-ring (bicyclic) bond motifs is 3. The lowest BCUT2D eigenvalue weighted by Crippen LogP contribution is -2.11. The molecule has 3 nitrogen and oxygen atoms in total. The molecule has 4 rings (SSSR count). The number of hydrogen-bond donors (Lipinski definition) is 1. The second-order valence-corrected chi connectivity index (χ2v) is 6.88. The molecule has 0 saturated heterocycles. The first-order chi connectivity index (χ1) is 13.3. The predicted octanol–water partition coefficient (Wildman–Crippen LogP) is 5.61. The molecule has 28 heavy (non-hydrogen) atoms. The summed E-state index contributed by atoms with van der Waals surface area (Å²) in [7, 11) is 0. The van der Waals surface area contributed by atoms with Gasteiger partial charge in [-0.3, -0.25) is 4.79 Å². The highest BCUT2D eigenvalue weighted by Gasteiger charge is 2.31. The Labute approximate surface area is 163 Å². The average Bonchev–Trinajstić information content (AvgIpc) is 2.96. The van der Waals surface area contributed by atoms with E-state index < -0.39 is 17.6 Å². The number of amides is 1. The van der Waals surface area contributed by atoms with E-state index in [-0.39, 0.29) is 12.1 Å². The average molecular weight is 403 g/mol. The van der Waals surface area contributed by atoms with Crippen molar-refractivity contribution in [2.24, 2.45) is 5.73 Å². The molecule has 1 heterocycles. The SMILES string of the molecule is NC(=O)c1cccc2c1c1ccc(C(F)(F)F)cc1n2Cc1ccccc1Cl. The van der Waals surface area contributed by atoms with Gasteiger partial charge in [0, 0.05) is 27.9 Å². The van der Waals surface area contributed by atoms with Gasteiger partial charge in [-0.05, 0) is 35.9 Å². The summed E-state index contributed by atoms with van der Waals surface area (Å²) in [5.41, 5.74) is 6.74. The van der Waals surface area contributed by atoms with Gasteiger partial charge < -0.3 is 10.3 Å². The third-order valence-corrected chi connectivity index (χ3v) is 5.14. The molecular weight excluding hydrogens is 389 g/mol. The van der Waals surface area contributed by atoms with Crippen LogP contribution in [0.5, 0.6) is 0 Å². The van der Waals surface area contributed by atoms with Crippen LogP contribution in [-0.4, -0.2) is 10.5 Å². The van der Waals surface area contributed by atoms with Crippen LogP contribution in [-0.2, 0) is 12.7 Å². The number of benzene rings is 3. The fraction of sp³-hybridized carbons (Fsp3) is 0.0952. The maximum atomic E-state index is 13.3. The van der Waals surface area contributed by atoms with Crippen molar-refractivity contribution in [2.75, 3.05) is 0 Å². The monoisotopic (exact) mass is 402 g/mol. The molecule has 142 valence electrons. The summed E-state index contributed by atoms with van der Waals surface area (Å²) in [6.45, 7) is 0.253. The zero-order chi connectivity index (χ0) is 20.1. The lowest BCUT2D eigenvalue weighted by Gasteiger charge is -2.11. The predicted molar refractivity (Wildman–Crippen MR) is 104 cm³/mol. The van der Waals surface area contributed by atoms with Crippen molar-refractivity contribution in [3.05, 3.63) is 82.4 Å². The molecule has 7 heteroatoms. The van der Waals surface area contributed by atoms with E-state index in [1.54, 1.807) is 34.9 Å². The summed E-state index contributed by atoms with van der Waals surface area (Å²) in [6, 6.07) is 15.6. The number of carbonyl (C=O) groups excluding carboxylic acids is 1. The van der Waals surface area contributed by atoms with Crippen molar-refractivity contribution in [2.45, 2.75) is 12.7 Å². The minimum atomic E-state index is -4.48. The molecule has 0 aliphatic carbocycles. The highest BCUT2D eigenvalue weighted by atomic mass is 35.5. The molecule has 1 aromatic heterocycles. The van der Waals surface area contributed by atoms with Crippen LogP contribution in [0, 0.1) is 0 Å². The third kappa shape index (κ3) is 2.99. The first-order valence-electron chi connectivity index (χ1n) is 8.43. The number of aromatic nitrogens is 1. The maximum Gasteiger partial charge on any atom is 0.416 e. The molecular formula is C21H14ClF3N2O. The molecule has 2 N–H and O–H groups in total. The Morgan fingerprint density at radius 2 is 1.75 bits per heavy atom. The molecule has 0 unspecified atom stereocenters. The van der Waals surface area contributed by atoms with Crippen LogP contribution in [0.4, 0.5) is 13.2 Å². The van der Waals surface area contributed by atoms with Crippen LogP contribution in [0.3, 0.4) is 0 Å². The zero-order valence-electron chi connectivity index (χ0n) is 14.4. The van der Waals surface area contributed by atoms with Crippen LogP contribution >= 0.6 is 11.6 Å². The highest BCUT2D eigenvalue weighted by molar-refractivity contribution is 6.31. The summed E-state index contributed by atoms with van der Waals surface area (Å²) in [5, 5.41) is 1.57. The maximum absolute atomic E-state index is 13.3. The standard InChI is InChI=1S/C21H14ClF3N2O/c22-16-6-2-1-4-12(16)11-27-17-7-3-5-15(20(26)28)19(17)14-9-8-13(10-18(14)27)21(23,24)25/h1-10H,11H2,(H2,26,28). The van der Waals surface area contributed by atoms with E-state index in [0.29, 0.717) is 26.8 Å². The molecule has 4 aromatic rings. The number of carbonyl (C=O) groups is 1. The second kappa shape index (κ2) is 6.56. The summed E-state index contributed by atoms with van der Waals surface area (Å²) in [5.74, 6) is -0.637. The van der Waals surface area contributed by atoms with Crippen LogP contribution in [0.25, 0.3) is 21.8 Å². The summed E-state index contributed by atoms with van der Waals surface area (Å²) >= 11 is 6.26. The highest BCUT2D eigenvalue weighted by Crippen LogP contribution is 2.37. The first kappa shape index (κ1) is 18.4. The van der Waals surface area contributed by atoms with Gasteiger partial charge in [-0.15, -0.1) is 0 Å². The van der Waals surface area contributed by atoms with Gasteiger partial charge in [-0.2, -0.15) is 13.2 Å². The van der Waals surface area contributed by atoms with Gasteiger partial charge in [-0.1, -0.05) is 41.9 Å². The normalized spacial score (nSPS) is 12.0. The number of hydrogen-bond acceptors (Lipinski definition) is 1. The number of nitrogens with zero attached hydrogens (tertiary/aromatic N) is 1. The van der Waals surface area contributed by atoms with Crippen molar-refractivity contribution in [1.29, 1.82) is 0 Å². The summed E-state index contributed by atoms with van der Waals surface area (Å²) < 4.78 is 41.6. The van der Waals surface area contributed by atoms with E-state index in [1.807, 2.05) is 12.1 Å². The summed E-state index contributed by atoms with van der Waals surface area (Å²) in [6.07, 6.45) is -4.48. The molecule has 0 atom stereocenters. The Morgan fingerprint density at radius 3 is 2.43 bits per heavy atom. The van der Waals surface area contributed by atoms with Gasteiger partial charge >= 0.3 is 6.18 Å². The fourth-order valence-electron chi connectivity index (χ4n) is 3.49. The van der Waals surface area contributed by atoms with Gasteiger partial charge in [0.2, 0.25) is 5.91 Å². The minimum Gasteiger partial charge on any atom is -0.366 e. The van der Waals surface area contributed by atoms with E-state index in [2.05, 4.69) is 0 Å². The molecule has 1 amide bonds. The number of halogens is 4. The topological polar surface area (TPSA) is 48.0 Å². The van der Waals surface area contributed by atoms with Crippen LogP contribution < -0.4 is 5.73 Å². The minimum absolute atomic E-state index is 0.253. The Hall–Kier alpha value is -2.99. The van der Waals surface area contributed by atoms with E-state index in [4.69, 9.17) is 17.3 Å². The van der Waals surface area contributed by atoms with E-state index in [1.165, 1.54) is 6.07 Å². The molecule has 0 fully saturated rings. The molecule has 0 spiro atoms. The molecule has 0 saturated carbocycles. The number of rotatable bonds is 3. The summed E-state index contributed by atoms with van der Waals surface area (Å²) in [4.78, 5) is 11.9. The molecule has 0 aliphatic rings. The van der Waals surface area contributed by atoms with Crippen molar-refractivity contribution in [3.8, 4) is 0 Å². The van der Waals surface area contributed by atoms with Crippen molar-refractivity contribution in [1.82, 2.24) is 4.57 Å². The first-order valence-corrected chi connectivity index (χ1v) is 8.80.